The molecule has 0 saturated heterocycles. The largest absolute Gasteiger partial charge is 0.317 e. The van der Waals surface area contributed by atoms with Crippen LogP contribution in [0, 0.1) is 0 Å². The summed E-state index contributed by atoms with van der Waals surface area (Å²) in [5.41, 5.74) is 0.701. The Kier molecular flexibility index (Phi) is 6.75. The highest BCUT2D eigenvalue weighted by molar-refractivity contribution is 6.49. The molecule has 0 atom stereocenters. The Balaban J connectivity index is 2.97. The second-order valence-electron chi connectivity index (χ2n) is 5.23. The third-order valence-electron chi connectivity index (χ3n) is 3.14. The fourth-order valence-corrected chi connectivity index (χ4v) is 3.44. The van der Waals surface area contributed by atoms with Crippen molar-refractivity contribution in [2.75, 3.05) is 13.1 Å². The van der Waals surface area contributed by atoms with Gasteiger partial charge in [0, 0.05) is 5.02 Å². The fraction of sp³-hybridized carbons (Fsp3) is 0.571. The van der Waals surface area contributed by atoms with Crippen LogP contribution in [0.5, 0.6) is 0 Å². The highest BCUT2D eigenvalue weighted by atomic mass is 35.5. The van der Waals surface area contributed by atoms with E-state index in [1.165, 1.54) is 0 Å². The second kappa shape index (κ2) is 7.38. The average molecular weight is 343 g/mol. The number of rotatable bonds is 6. The lowest BCUT2D eigenvalue weighted by molar-refractivity contribution is 0.457. The van der Waals surface area contributed by atoms with Crippen molar-refractivity contribution in [3.63, 3.8) is 0 Å². The zero-order valence-corrected chi connectivity index (χ0v) is 14.4. The topological polar surface area (TPSA) is 12.0 Å². The van der Waals surface area contributed by atoms with Crippen molar-refractivity contribution >= 4 is 46.4 Å². The molecule has 19 heavy (non-hydrogen) atoms. The maximum absolute atomic E-state index is 6.31. The molecule has 1 nitrogen and oxygen atoms in total. The molecule has 1 aromatic rings. The first-order valence-corrected chi connectivity index (χ1v) is 7.86. The molecule has 0 aromatic heterocycles. The SMILES string of the molecule is CCCNCCC(C)(C)c1c(Cl)cc(Cl)c(Cl)c1Cl. The maximum atomic E-state index is 6.31. The Morgan fingerprint density at radius 2 is 1.63 bits per heavy atom. The van der Waals surface area contributed by atoms with Gasteiger partial charge >= 0.3 is 0 Å². The standard InChI is InChI=1S/C14H19Cl4N/c1-4-6-19-7-5-14(2,3)11-9(15)8-10(16)12(17)13(11)18/h8,19H,4-7H2,1-3H3. The van der Waals surface area contributed by atoms with Crippen molar-refractivity contribution in [1.82, 2.24) is 5.32 Å². The monoisotopic (exact) mass is 341 g/mol. The van der Waals surface area contributed by atoms with E-state index in [1.54, 1.807) is 6.07 Å². The molecule has 0 spiro atoms. The molecule has 0 aliphatic carbocycles. The lowest BCUT2D eigenvalue weighted by atomic mass is 9.81. The third-order valence-corrected chi connectivity index (χ3v) is 4.70. The Bertz CT molecular complexity index is 444. The van der Waals surface area contributed by atoms with Gasteiger partial charge in [-0.3, -0.25) is 0 Å². The number of nitrogens with one attached hydrogen (secondary N) is 1. The summed E-state index contributed by atoms with van der Waals surface area (Å²) in [6, 6.07) is 1.66. The summed E-state index contributed by atoms with van der Waals surface area (Å²) in [5.74, 6) is 0. The first-order chi connectivity index (χ1) is 8.81. The van der Waals surface area contributed by atoms with Crippen LogP contribution >= 0.6 is 46.4 Å². The van der Waals surface area contributed by atoms with E-state index in [0.29, 0.717) is 20.1 Å². The van der Waals surface area contributed by atoms with Gasteiger partial charge in [-0.25, -0.2) is 0 Å². The van der Waals surface area contributed by atoms with Gasteiger partial charge in [0.2, 0.25) is 0 Å². The minimum atomic E-state index is -0.164. The van der Waals surface area contributed by atoms with E-state index in [2.05, 4.69) is 26.1 Å². The van der Waals surface area contributed by atoms with Crippen molar-refractivity contribution in [3.05, 3.63) is 31.7 Å². The zero-order valence-electron chi connectivity index (χ0n) is 11.4. The number of halogens is 4. The van der Waals surface area contributed by atoms with Crippen LogP contribution in [0.25, 0.3) is 0 Å². The van der Waals surface area contributed by atoms with E-state index in [9.17, 15) is 0 Å². The highest BCUT2D eigenvalue weighted by Gasteiger charge is 2.28. The van der Waals surface area contributed by atoms with Crippen LogP contribution in [0.3, 0.4) is 0 Å². The molecule has 0 radical (unpaired) electrons. The summed E-state index contributed by atoms with van der Waals surface area (Å²) in [6.07, 6.45) is 2.04. The van der Waals surface area contributed by atoms with Gasteiger partial charge in [0.05, 0.1) is 15.1 Å². The van der Waals surface area contributed by atoms with E-state index >= 15 is 0 Å². The van der Waals surface area contributed by atoms with Gasteiger partial charge in [0.25, 0.3) is 0 Å². The molecule has 0 bridgehead atoms. The molecule has 0 aliphatic rings. The normalized spacial score (nSPS) is 11.9. The van der Waals surface area contributed by atoms with Gasteiger partial charge in [0.1, 0.15) is 0 Å². The molecule has 5 heteroatoms. The number of hydrogen-bond donors (Lipinski definition) is 1. The lowest BCUT2D eigenvalue weighted by Crippen LogP contribution is -2.26. The van der Waals surface area contributed by atoms with Crippen molar-refractivity contribution < 1.29 is 0 Å². The van der Waals surface area contributed by atoms with Gasteiger partial charge in [-0.1, -0.05) is 67.2 Å². The molecular weight excluding hydrogens is 324 g/mol. The van der Waals surface area contributed by atoms with Crippen molar-refractivity contribution in [1.29, 1.82) is 0 Å². The summed E-state index contributed by atoms with van der Waals surface area (Å²) in [7, 11) is 0. The Morgan fingerprint density at radius 1 is 1.00 bits per heavy atom. The van der Waals surface area contributed by atoms with Crippen LogP contribution in [0.1, 0.15) is 39.2 Å². The smallest absolute Gasteiger partial charge is 0.0782 e. The predicted molar refractivity (Wildman–Crippen MR) is 87.3 cm³/mol. The van der Waals surface area contributed by atoms with Crippen molar-refractivity contribution in [3.8, 4) is 0 Å². The van der Waals surface area contributed by atoms with E-state index in [4.69, 9.17) is 46.4 Å². The summed E-state index contributed by atoms with van der Waals surface area (Å²) < 4.78 is 0. The Morgan fingerprint density at radius 3 is 2.21 bits per heavy atom. The van der Waals surface area contributed by atoms with Crippen LogP contribution in [0.4, 0.5) is 0 Å². The summed E-state index contributed by atoms with van der Waals surface area (Å²) in [4.78, 5) is 0. The quantitative estimate of drug-likeness (QED) is 0.381. The molecule has 0 aliphatic heterocycles. The summed E-state index contributed by atoms with van der Waals surface area (Å²) in [6.45, 7) is 8.29. The highest BCUT2D eigenvalue weighted by Crippen LogP contribution is 2.44. The zero-order chi connectivity index (χ0) is 14.6. The van der Waals surface area contributed by atoms with Crippen LogP contribution in [0.15, 0.2) is 6.07 Å². The van der Waals surface area contributed by atoms with Crippen molar-refractivity contribution in [2.45, 2.75) is 39.0 Å². The third kappa shape index (κ3) is 4.41. The first-order valence-electron chi connectivity index (χ1n) is 6.35. The van der Waals surface area contributed by atoms with Gasteiger partial charge in [0.15, 0.2) is 0 Å². The predicted octanol–water partition coefficient (Wildman–Crippen LogP) is 5.97. The summed E-state index contributed by atoms with van der Waals surface area (Å²) >= 11 is 24.7. The Hall–Kier alpha value is 0.340. The molecular formula is C14H19Cl4N. The molecule has 0 heterocycles. The van der Waals surface area contributed by atoms with Crippen LogP contribution in [-0.4, -0.2) is 13.1 Å². The van der Waals surface area contributed by atoms with Crippen LogP contribution < -0.4 is 5.32 Å². The molecule has 1 aromatic carbocycles. The minimum absolute atomic E-state index is 0.164. The molecule has 0 fully saturated rings. The molecule has 108 valence electrons. The van der Waals surface area contributed by atoms with E-state index in [0.717, 1.165) is 31.5 Å². The minimum Gasteiger partial charge on any atom is -0.317 e. The molecule has 1 rings (SSSR count). The van der Waals surface area contributed by atoms with E-state index in [-0.39, 0.29) is 5.41 Å². The fourth-order valence-electron chi connectivity index (χ4n) is 2.01. The second-order valence-corrected chi connectivity index (χ2v) is 6.80. The van der Waals surface area contributed by atoms with Crippen LogP contribution in [0.2, 0.25) is 20.1 Å². The molecule has 0 unspecified atom stereocenters. The van der Waals surface area contributed by atoms with E-state index < -0.39 is 0 Å². The molecule has 1 N–H and O–H groups in total. The Labute approximate surface area is 135 Å². The summed E-state index contributed by atoms with van der Waals surface area (Å²) in [5, 5.41) is 5.17. The van der Waals surface area contributed by atoms with E-state index in [1.807, 2.05) is 0 Å². The first kappa shape index (κ1) is 17.4. The number of benzene rings is 1. The molecule has 0 saturated carbocycles. The van der Waals surface area contributed by atoms with Gasteiger partial charge < -0.3 is 5.32 Å². The average Bonchev–Trinajstić information content (AvgIpc) is 2.31. The molecule has 0 amide bonds. The number of hydrogen-bond acceptors (Lipinski definition) is 1. The van der Waals surface area contributed by atoms with Gasteiger partial charge in [-0.2, -0.15) is 0 Å². The lowest BCUT2D eigenvalue weighted by Gasteiger charge is -2.28. The van der Waals surface area contributed by atoms with Gasteiger partial charge in [-0.05, 0) is 43.0 Å². The maximum Gasteiger partial charge on any atom is 0.0782 e. The van der Waals surface area contributed by atoms with Crippen LogP contribution in [-0.2, 0) is 5.41 Å². The van der Waals surface area contributed by atoms with Crippen molar-refractivity contribution in [2.24, 2.45) is 0 Å². The van der Waals surface area contributed by atoms with Gasteiger partial charge in [-0.15, -0.1) is 0 Å².